The van der Waals surface area contributed by atoms with Gasteiger partial charge < -0.3 is 5.32 Å². The van der Waals surface area contributed by atoms with E-state index in [0.717, 1.165) is 19.3 Å². The Morgan fingerprint density at radius 3 is 2.68 bits per heavy atom. The Hall–Kier alpha value is -1.50. The molecule has 0 aliphatic heterocycles. The van der Waals surface area contributed by atoms with Crippen molar-refractivity contribution < 1.29 is 4.79 Å². The van der Waals surface area contributed by atoms with Crippen LogP contribution in [0.25, 0.3) is 6.08 Å². The summed E-state index contributed by atoms with van der Waals surface area (Å²) in [6, 6.07) is 7.11. The van der Waals surface area contributed by atoms with Gasteiger partial charge in [-0.2, -0.15) is 5.26 Å². The van der Waals surface area contributed by atoms with Gasteiger partial charge in [0.15, 0.2) is 0 Å². The fourth-order valence-corrected chi connectivity index (χ4v) is 3.00. The summed E-state index contributed by atoms with van der Waals surface area (Å²) >= 11 is 11.8. The van der Waals surface area contributed by atoms with Crippen molar-refractivity contribution in [3.05, 3.63) is 39.4 Å². The minimum absolute atomic E-state index is 0.0798. The molecule has 3 nitrogen and oxygen atoms in total. The maximum absolute atomic E-state index is 12.3. The first-order chi connectivity index (χ1) is 10.5. The average Bonchev–Trinajstić information content (AvgIpc) is 2.50. The van der Waals surface area contributed by atoms with Crippen molar-refractivity contribution >= 4 is 35.2 Å². The van der Waals surface area contributed by atoms with E-state index in [4.69, 9.17) is 23.2 Å². The molecule has 116 valence electrons. The van der Waals surface area contributed by atoms with E-state index in [9.17, 15) is 10.1 Å². The maximum atomic E-state index is 12.3. The SMILES string of the molecule is CC1CCCCC1NC(=O)/C(C#N)=C/c1ccc(Cl)c(Cl)c1. The van der Waals surface area contributed by atoms with Crippen molar-refractivity contribution in [3.63, 3.8) is 0 Å². The molecule has 2 rings (SSSR count). The van der Waals surface area contributed by atoms with Gasteiger partial charge in [-0.05, 0) is 42.5 Å². The van der Waals surface area contributed by atoms with Gasteiger partial charge in [0.1, 0.15) is 11.6 Å². The smallest absolute Gasteiger partial charge is 0.262 e. The van der Waals surface area contributed by atoms with E-state index in [1.54, 1.807) is 18.2 Å². The van der Waals surface area contributed by atoms with Crippen LogP contribution in [0.2, 0.25) is 10.0 Å². The largest absolute Gasteiger partial charge is 0.348 e. The highest BCUT2D eigenvalue weighted by Crippen LogP contribution is 2.25. The molecule has 0 heterocycles. The number of carbonyl (C=O) groups excluding carboxylic acids is 1. The van der Waals surface area contributed by atoms with Gasteiger partial charge in [-0.1, -0.05) is 49.0 Å². The van der Waals surface area contributed by atoms with E-state index < -0.39 is 0 Å². The molecule has 1 N–H and O–H groups in total. The van der Waals surface area contributed by atoms with E-state index in [1.165, 1.54) is 12.5 Å². The number of carbonyl (C=O) groups is 1. The minimum atomic E-state index is -0.327. The molecule has 0 aromatic heterocycles. The molecule has 1 amide bonds. The number of rotatable bonds is 3. The Kier molecular flexibility index (Phi) is 5.88. The molecule has 0 saturated heterocycles. The van der Waals surface area contributed by atoms with E-state index >= 15 is 0 Å². The monoisotopic (exact) mass is 336 g/mol. The molecule has 0 spiro atoms. The van der Waals surface area contributed by atoms with E-state index in [-0.39, 0.29) is 17.5 Å². The van der Waals surface area contributed by atoms with E-state index in [2.05, 4.69) is 12.2 Å². The van der Waals surface area contributed by atoms with Crippen LogP contribution in [0.4, 0.5) is 0 Å². The number of benzene rings is 1. The molecular weight excluding hydrogens is 319 g/mol. The molecule has 1 aromatic rings. The van der Waals surface area contributed by atoms with Crippen LogP contribution >= 0.6 is 23.2 Å². The summed E-state index contributed by atoms with van der Waals surface area (Å²) in [4.78, 5) is 12.3. The van der Waals surface area contributed by atoms with Gasteiger partial charge in [0.2, 0.25) is 0 Å². The predicted molar refractivity (Wildman–Crippen MR) is 89.6 cm³/mol. The molecule has 1 saturated carbocycles. The van der Waals surface area contributed by atoms with Crippen molar-refractivity contribution in [3.8, 4) is 6.07 Å². The second-order valence-electron chi connectivity index (χ2n) is 5.69. The molecule has 0 bridgehead atoms. The van der Waals surface area contributed by atoms with Crippen LogP contribution in [0, 0.1) is 17.2 Å². The third kappa shape index (κ3) is 4.25. The van der Waals surface area contributed by atoms with Gasteiger partial charge in [0.25, 0.3) is 5.91 Å². The lowest BCUT2D eigenvalue weighted by Gasteiger charge is -2.29. The Morgan fingerprint density at radius 2 is 2.05 bits per heavy atom. The predicted octanol–water partition coefficient (Wildman–Crippen LogP) is 4.60. The Morgan fingerprint density at radius 1 is 1.32 bits per heavy atom. The topological polar surface area (TPSA) is 52.9 Å². The molecule has 0 radical (unpaired) electrons. The molecule has 2 unspecified atom stereocenters. The Balaban J connectivity index is 2.13. The molecule has 5 heteroatoms. The number of amides is 1. The van der Waals surface area contributed by atoms with Crippen molar-refractivity contribution in [1.29, 1.82) is 5.26 Å². The Labute approximate surface area is 140 Å². The summed E-state index contributed by atoms with van der Waals surface area (Å²) in [7, 11) is 0. The maximum Gasteiger partial charge on any atom is 0.262 e. The highest BCUT2D eigenvalue weighted by Gasteiger charge is 2.24. The highest BCUT2D eigenvalue weighted by molar-refractivity contribution is 6.42. The quantitative estimate of drug-likeness (QED) is 0.648. The van der Waals surface area contributed by atoms with Gasteiger partial charge in [0.05, 0.1) is 10.0 Å². The number of nitrogens with one attached hydrogen (secondary N) is 1. The first-order valence-electron chi connectivity index (χ1n) is 7.39. The lowest BCUT2D eigenvalue weighted by atomic mass is 9.86. The third-order valence-corrected chi connectivity index (χ3v) is 4.79. The lowest BCUT2D eigenvalue weighted by molar-refractivity contribution is -0.118. The van der Waals surface area contributed by atoms with Crippen LogP contribution in [-0.2, 0) is 4.79 Å². The van der Waals surface area contributed by atoms with Crippen LogP contribution in [0.1, 0.15) is 38.2 Å². The second kappa shape index (κ2) is 7.67. The zero-order chi connectivity index (χ0) is 16.1. The number of hydrogen-bond donors (Lipinski definition) is 1. The number of nitriles is 1. The molecular formula is C17H18Cl2N2O. The van der Waals surface area contributed by atoms with Crippen LogP contribution in [-0.4, -0.2) is 11.9 Å². The fraction of sp³-hybridized carbons (Fsp3) is 0.412. The van der Waals surface area contributed by atoms with Crippen LogP contribution in [0.15, 0.2) is 23.8 Å². The van der Waals surface area contributed by atoms with Crippen molar-refractivity contribution in [1.82, 2.24) is 5.32 Å². The molecule has 2 atom stereocenters. The van der Waals surface area contributed by atoms with Gasteiger partial charge in [-0.25, -0.2) is 0 Å². The number of halogens is 2. The summed E-state index contributed by atoms with van der Waals surface area (Å²) in [5, 5.41) is 13.1. The standard InChI is InChI=1S/C17H18Cl2N2O/c1-11-4-2-3-5-16(11)21-17(22)13(10-20)8-12-6-7-14(18)15(19)9-12/h6-9,11,16H,2-5H2,1H3,(H,21,22)/b13-8+. The van der Waals surface area contributed by atoms with Crippen LogP contribution < -0.4 is 5.32 Å². The van der Waals surface area contributed by atoms with Gasteiger partial charge in [-0.15, -0.1) is 0 Å². The molecule has 22 heavy (non-hydrogen) atoms. The first-order valence-corrected chi connectivity index (χ1v) is 8.14. The normalized spacial score (nSPS) is 22.0. The van der Waals surface area contributed by atoms with Gasteiger partial charge >= 0.3 is 0 Å². The third-order valence-electron chi connectivity index (χ3n) is 4.05. The van der Waals surface area contributed by atoms with Crippen molar-refractivity contribution in [2.75, 3.05) is 0 Å². The fourth-order valence-electron chi connectivity index (χ4n) is 2.69. The molecule has 1 aliphatic carbocycles. The van der Waals surface area contributed by atoms with Gasteiger partial charge in [-0.3, -0.25) is 4.79 Å². The van der Waals surface area contributed by atoms with Crippen LogP contribution in [0.3, 0.4) is 0 Å². The zero-order valence-electron chi connectivity index (χ0n) is 12.4. The van der Waals surface area contributed by atoms with Crippen molar-refractivity contribution in [2.24, 2.45) is 5.92 Å². The summed E-state index contributed by atoms with van der Waals surface area (Å²) in [6.07, 6.45) is 5.94. The van der Waals surface area contributed by atoms with E-state index in [0.29, 0.717) is 21.5 Å². The van der Waals surface area contributed by atoms with Crippen LogP contribution in [0.5, 0.6) is 0 Å². The van der Waals surface area contributed by atoms with Crippen molar-refractivity contribution in [2.45, 2.75) is 38.6 Å². The average molecular weight is 337 g/mol. The van der Waals surface area contributed by atoms with Gasteiger partial charge in [0, 0.05) is 6.04 Å². The van der Waals surface area contributed by atoms with E-state index in [1.807, 2.05) is 6.07 Å². The second-order valence-corrected chi connectivity index (χ2v) is 6.50. The first kappa shape index (κ1) is 16.9. The molecule has 1 aliphatic rings. The molecule has 1 aromatic carbocycles. The summed E-state index contributed by atoms with van der Waals surface area (Å²) in [5.41, 5.74) is 0.758. The lowest BCUT2D eigenvalue weighted by Crippen LogP contribution is -2.41. The minimum Gasteiger partial charge on any atom is -0.348 e. The zero-order valence-corrected chi connectivity index (χ0v) is 13.9. The Bertz CT molecular complexity index is 634. The molecule has 1 fully saturated rings. The summed E-state index contributed by atoms with van der Waals surface area (Å²) < 4.78 is 0. The highest BCUT2D eigenvalue weighted by atomic mass is 35.5. The summed E-state index contributed by atoms with van der Waals surface area (Å²) in [6.45, 7) is 2.14. The summed E-state index contributed by atoms with van der Waals surface area (Å²) in [5.74, 6) is 0.120. The number of nitrogens with zero attached hydrogens (tertiary/aromatic N) is 1. The number of hydrogen-bond acceptors (Lipinski definition) is 2.